The van der Waals surface area contributed by atoms with Gasteiger partial charge in [-0.15, -0.1) is 24.0 Å². The van der Waals surface area contributed by atoms with Crippen molar-refractivity contribution in [3.8, 4) is 5.69 Å². The van der Waals surface area contributed by atoms with Gasteiger partial charge in [0.1, 0.15) is 0 Å². The van der Waals surface area contributed by atoms with Crippen LogP contribution in [0.3, 0.4) is 0 Å². The molecule has 0 saturated carbocycles. The third-order valence-electron chi connectivity index (χ3n) is 3.97. The van der Waals surface area contributed by atoms with Crippen molar-refractivity contribution in [1.29, 1.82) is 0 Å². The quantitative estimate of drug-likeness (QED) is 0.327. The summed E-state index contributed by atoms with van der Waals surface area (Å²) < 4.78 is 39.0. The Labute approximate surface area is 186 Å². The minimum Gasteiger partial charge on any atom is -0.357 e. The van der Waals surface area contributed by atoms with E-state index in [2.05, 4.69) is 15.4 Å². The van der Waals surface area contributed by atoms with E-state index in [9.17, 15) is 13.2 Å². The van der Waals surface area contributed by atoms with Gasteiger partial charge in [0, 0.05) is 38.4 Å². The van der Waals surface area contributed by atoms with Crippen molar-refractivity contribution in [2.75, 3.05) is 40.3 Å². The summed E-state index contributed by atoms with van der Waals surface area (Å²) in [5.74, 6) is 0.648. The van der Waals surface area contributed by atoms with Crippen molar-refractivity contribution in [1.82, 2.24) is 24.9 Å². The van der Waals surface area contributed by atoms with Gasteiger partial charge in [0.25, 0.3) is 0 Å². The van der Waals surface area contributed by atoms with E-state index in [0.29, 0.717) is 19.0 Å². The number of aromatic nitrogens is 2. The third-order valence-corrected chi connectivity index (χ3v) is 3.97. The molecule has 0 aliphatic rings. The number of alkyl halides is 3. The molecule has 0 aliphatic carbocycles. The van der Waals surface area contributed by atoms with Crippen LogP contribution in [0.15, 0.2) is 47.7 Å². The second-order valence-corrected chi connectivity index (χ2v) is 6.57. The Bertz CT molecular complexity index is 748. The summed E-state index contributed by atoms with van der Waals surface area (Å²) in [6, 6.07) is 9.81. The van der Waals surface area contributed by atoms with Gasteiger partial charge in [0.05, 0.1) is 25.0 Å². The first-order valence-electron chi connectivity index (χ1n) is 9.12. The molecule has 1 heterocycles. The monoisotopic (exact) mass is 524 g/mol. The average Bonchev–Trinajstić information content (AvgIpc) is 3.08. The minimum atomic E-state index is -4.20. The molecule has 1 aromatic heterocycles. The summed E-state index contributed by atoms with van der Waals surface area (Å²) in [4.78, 5) is 7.59. The molecule has 1 N–H and O–H groups in total. The van der Waals surface area contributed by atoms with Gasteiger partial charge in [-0.25, -0.2) is 4.68 Å². The van der Waals surface area contributed by atoms with E-state index < -0.39 is 12.7 Å². The Kier molecular flexibility index (Phi) is 10.4. The lowest BCUT2D eigenvalue weighted by Gasteiger charge is -2.22. The first-order chi connectivity index (χ1) is 13.3. The topological polar surface area (TPSA) is 48.7 Å². The Balaban J connectivity index is 0.00000420. The molecule has 2 aromatic rings. The van der Waals surface area contributed by atoms with E-state index in [0.717, 1.165) is 11.3 Å². The largest absolute Gasteiger partial charge is 0.401 e. The number of para-hydroxylation sites is 1. The maximum absolute atomic E-state index is 12.4. The highest BCUT2D eigenvalue weighted by molar-refractivity contribution is 14.0. The van der Waals surface area contributed by atoms with Gasteiger partial charge in [0.15, 0.2) is 5.96 Å². The SMILES string of the molecule is CCNC(=NCCN(C)CC(F)(F)F)N(C)Cc1cnn(-c2ccccc2)c1.I. The lowest BCUT2D eigenvalue weighted by atomic mass is 10.3. The number of rotatable bonds is 8. The number of likely N-dealkylation sites (N-methyl/N-ethyl adjacent to an activating group) is 1. The maximum Gasteiger partial charge on any atom is 0.401 e. The molecule has 2 rings (SSSR count). The van der Waals surface area contributed by atoms with Crippen LogP contribution < -0.4 is 5.32 Å². The van der Waals surface area contributed by atoms with Crippen LogP contribution in [0.4, 0.5) is 13.2 Å². The molecule has 0 spiro atoms. The van der Waals surface area contributed by atoms with E-state index in [1.54, 1.807) is 10.9 Å². The smallest absolute Gasteiger partial charge is 0.357 e. The zero-order chi connectivity index (χ0) is 20.6. The lowest BCUT2D eigenvalue weighted by Crippen LogP contribution is -2.39. The zero-order valence-electron chi connectivity index (χ0n) is 16.9. The van der Waals surface area contributed by atoms with E-state index in [1.807, 2.05) is 55.4 Å². The van der Waals surface area contributed by atoms with Crippen LogP contribution in [-0.2, 0) is 6.54 Å². The molecule has 0 aliphatic heterocycles. The Hall–Kier alpha value is -1.82. The maximum atomic E-state index is 12.4. The summed E-state index contributed by atoms with van der Waals surface area (Å²) >= 11 is 0. The highest BCUT2D eigenvalue weighted by Crippen LogP contribution is 2.15. The molecule has 0 fully saturated rings. The van der Waals surface area contributed by atoms with Crippen molar-refractivity contribution in [2.45, 2.75) is 19.6 Å². The number of hydrogen-bond acceptors (Lipinski definition) is 3. The summed E-state index contributed by atoms with van der Waals surface area (Å²) in [6.07, 6.45) is -0.449. The normalized spacial score (nSPS) is 12.0. The molecular weight excluding hydrogens is 496 g/mol. The van der Waals surface area contributed by atoms with Crippen molar-refractivity contribution in [2.24, 2.45) is 4.99 Å². The summed E-state index contributed by atoms with van der Waals surface area (Å²) in [7, 11) is 3.33. The molecule has 0 saturated heterocycles. The average molecular weight is 524 g/mol. The van der Waals surface area contributed by atoms with Gasteiger partial charge in [-0.05, 0) is 26.1 Å². The molecule has 29 heavy (non-hydrogen) atoms. The molecular formula is C19H28F3IN6. The predicted octanol–water partition coefficient (Wildman–Crippen LogP) is 3.38. The number of benzene rings is 1. The highest BCUT2D eigenvalue weighted by atomic mass is 127. The van der Waals surface area contributed by atoms with E-state index in [1.165, 1.54) is 11.9 Å². The standard InChI is InChI=1S/C19H27F3N6.HI/c1-4-23-18(24-10-11-26(2)15-19(20,21)22)27(3)13-16-12-25-28(14-16)17-8-6-5-7-9-17;/h5-9,12,14H,4,10-11,13,15H2,1-3H3,(H,23,24);1H. The van der Waals surface area contributed by atoms with Crippen molar-refractivity contribution < 1.29 is 13.2 Å². The van der Waals surface area contributed by atoms with Crippen LogP contribution in [0.25, 0.3) is 5.69 Å². The predicted molar refractivity (Wildman–Crippen MR) is 120 cm³/mol. The molecule has 0 amide bonds. The number of guanidine groups is 1. The van der Waals surface area contributed by atoms with Crippen LogP contribution in [-0.4, -0.2) is 72.0 Å². The number of nitrogens with one attached hydrogen (secondary N) is 1. The van der Waals surface area contributed by atoms with Gasteiger partial charge < -0.3 is 10.2 Å². The van der Waals surface area contributed by atoms with Gasteiger partial charge in [-0.2, -0.15) is 18.3 Å². The zero-order valence-corrected chi connectivity index (χ0v) is 19.2. The summed E-state index contributed by atoms with van der Waals surface area (Å²) in [5.41, 5.74) is 1.98. The van der Waals surface area contributed by atoms with E-state index in [4.69, 9.17) is 0 Å². The Morgan fingerprint density at radius 3 is 2.52 bits per heavy atom. The molecule has 1 aromatic carbocycles. The van der Waals surface area contributed by atoms with Gasteiger partial charge >= 0.3 is 6.18 Å². The second-order valence-electron chi connectivity index (χ2n) is 6.57. The molecule has 6 nitrogen and oxygen atoms in total. The van der Waals surface area contributed by atoms with Crippen LogP contribution in [0, 0.1) is 0 Å². The van der Waals surface area contributed by atoms with Crippen LogP contribution in [0.1, 0.15) is 12.5 Å². The Morgan fingerprint density at radius 2 is 1.90 bits per heavy atom. The molecule has 0 unspecified atom stereocenters. The molecule has 162 valence electrons. The first kappa shape index (κ1) is 25.2. The van der Waals surface area contributed by atoms with Crippen molar-refractivity contribution in [3.63, 3.8) is 0 Å². The first-order valence-corrected chi connectivity index (χ1v) is 9.12. The molecule has 0 radical (unpaired) electrons. The van der Waals surface area contributed by atoms with Crippen LogP contribution in [0.2, 0.25) is 0 Å². The van der Waals surface area contributed by atoms with Crippen molar-refractivity contribution >= 4 is 29.9 Å². The fourth-order valence-corrected chi connectivity index (χ4v) is 2.69. The fraction of sp³-hybridized carbons (Fsp3) is 0.474. The molecule has 10 heteroatoms. The van der Waals surface area contributed by atoms with Gasteiger partial charge in [0.2, 0.25) is 0 Å². The number of nitrogens with zero attached hydrogens (tertiary/aromatic N) is 5. The Morgan fingerprint density at radius 1 is 1.21 bits per heavy atom. The second kappa shape index (κ2) is 12.0. The van der Waals surface area contributed by atoms with Gasteiger partial charge in [-0.3, -0.25) is 9.89 Å². The number of halogens is 4. The molecule has 0 atom stereocenters. The highest BCUT2D eigenvalue weighted by Gasteiger charge is 2.28. The van der Waals surface area contributed by atoms with Crippen LogP contribution >= 0.6 is 24.0 Å². The third kappa shape index (κ3) is 9.03. The van der Waals surface area contributed by atoms with Gasteiger partial charge in [-0.1, -0.05) is 18.2 Å². The van der Waals surface area contributed by atoms with E-state index in [-0.39, 0.29) is 37.1 Å². The van der Waals surface area contributed by atoms with E-state index >= 15 is 0 Å². The molecule has 0 bridgehead atoms. The fourth-order valence-electron chi connectivity index (χ4n) is 2.69. The van der Waals surface area contributed by atoms with Crippen LogP contribution in [0.5, 0.6) is 0 Å². The summed E-state index contributed by atoms with van der Waals surface area (Å²) in [6.45, 7) is 2.78. The lowest BCUT2D eigenvalue weighted by molar-refractivity contribution is -0.142. The summed E-state index contributed by atoms with van der Waals surface area (Å²) in [5, 5.41) is 7.55. The number of aliphatic imine (C=N–C) groups is 1. The number of hydrogen-bond donors (Lipinski definition) is 1. The van der Waals surface area contributed by atoms with Crippen molar-refractivity contribution in [3.05, 3.63) is 48.3 Å². The minimum absolute atomic E-state index is 0.